The standard InChI is InChI=1S/C6H8N2O2/c7-8-4-2-1-3-5(9)6(4)10/h1-3,8-10H,7H2. The summed E-state index contributed by atoms with van der Waals surface area (Å²) in [5.41, 5.74) is 2.53. The zero-order valence-corrected chi connectivity index (χ0v) is 5.20. The molecule has 0 heterocycles. The fourth-order valence-electron chi connectivity index (χ4n) is 0.648. The molecule has 0 bridgehead atoms. The second kappa shape index (κ2) is 2.45. The number of hydrogen-bond donors (Lipinski definition) is 4. The van der Waals surface area contributed by atoms with Gasteiger partial charge in [0.2, 0.25) is 0 Å². The van der Waals surface area contributed by atoms with E-state index in [2.05, 4.69) is 5.43 Å². The highest BCUT2D eigenvalue weighted by Crippen LogP contribution is 2.31. The number of hydrazine groups is 1. The minimum atomic E-state index is -0.231. The molecule has 0 atom stereocenters. The molecule has 5 N–H and O–H groups in total. The molecule has 1 aromatic carbocycles. The van der Waals surface area contributed by atoms with Gasteiger partial charge in [0.15, 0.2) is 11.5 Å². The molecule has 1 rings (SSSR count). The molecule has 10 heavy (non-hydrogen) atoms. The predicted molar refractivity (Wildman–Crippen MR) is 37.6 cm³/mol. The van der Waals surface area contributed by atoms with Crippen molar-refractivity contribution in [1.82, 2.24) is 0 Å². The zero-order chi connectivity index (χ0) is 7.56. The van der Waals surface area contributed by atoms with E-state index in [0.717, 1.165) is 0 Å². The summed E-state index contributed by atoms with van der Waals surface area (Å²) in [4.78, 5) is 0. The van der Waals surface area contributed by atoms with E-state index in [9.17, 15) is 0 Å². The number of anilines is 1. The smallest absolute Gasteiger partial charge is 0.182 e. The molecule has 54 valence electrons. The van der Waals surface area contributed by atoms with Crippen LogP contribution in [0.25, 0.3) is 0 Å². The van der Waals surface area contributed by atoms with Gasteiger partial charge in [0.1, 0.15) is 0 Å². The molecule has 0 fully saturated rings. The number of para-hydroxylation sites is 1. The first kappa shape index (κ1) is 6.70. The molecule has 0 saturated heterocycles. The van der Waals surface area contributed by atoms with Gasteiger partial charge in [-0.25, -0.2) is 0 Å². The maximum Gasteiger partial charge on any atom is 0.182 e. The zero-order valence-electron chi connectivity index (χ0n) is 5.20. The maximum absolute atomic E-state index is 9.01. The fourth-order valence-corrected chi connectivity index (χ4v) is 0.648. The Labute approximate surface area is 57.9 Å². The van der Waals surface area contributed by atoms with Gasteiger partial charge in [0.05, 0.1) is 5.69 Å². The molecule has 0 spiro atoms. The average molecular weight is 140 g/mol. The largest absolute Gasteiger partial charge is 0.504 e. The van der Waals surface area contributed by atoms with Crippen LogP contribution >= 0.6 is 0 Å². The number of hydrogen-bond acceptors (Lipinski definition) is 4. The second-order valence-corrected chi connectivity index (χ2v) is 1.82. The lowest BCUT2D eigenvalue weighted by Crippen LogP contribution is -2.06. The Morgan fingerprint density at radius 1 is 1.30 bits per heavy atom. The molecule has 0 saturated carbocycles. The van der Waals surface area contributed by atoms with Crippen molar-refractivity contribution in [2.45, 2.75) is 0 Å². The number of phenols is 2. The van der Waals surface area contributed by atoms with Crippen LogP contribution in [0, 0.1) is 0 Å². The summed E-state index contributed by atoms with van der Waals surface area (Å²) in [6.45, 7) is 0. The molecular formula is C6H8N2O2. The highest BCUT2D eigenvalue weighted by Gasteiger charge is 2.01. The first-order valence-corrected chi connectivity index (χ1v) is 2.73. The van der Waals surface area contributed by atoms with E-state index in [4.69, 9.17) is 16.1 Å². The summed E-state index contributed by atoms with van der Waals surface area (Å²) in [6.07, 6.45) is 0. The Morgan fingerprint density at radius 3 is 2.50 bits per heavy atom. The lowest BCUT2D eigenvalue weighted by molar-refractivity contribution is 0.405. The average Bonchev–Trinajstić information content (AvgIpc) is 1.95. The minimum absolute atomic E-state index is 0.185. The molecular weight excluding hydrogens is 132 g/mol. The number of nitrogen functional groups attached to an aromatic ring is 1. The molecule has 4 nitrogen and oxygen atoms in total. The van der Waals surface area contributed by atoms with E-state index in [0.29, 0.717) is 5.69 Å². The van der Waals surface area contributed by atoms with Crippen LogP contribution in [0.4, 0.5) is 5.69 Å². The third kappa shape index (κ3) is 0.964. The van der Waals surface area contributed by atoms with Gasteiger partial charge in [0.25, 0.3) is 0 Å². The quantitative estimate of drug-likeness (QED) is 0.258. The first-order valence-electron chi connectivity index (χ1n) is 2.73. The van der Waals surface area contributed by atoms with Crippen LogP contribution in [0.5, 0.6) is 11.5 Å². The Morgan fingerprint density at radius 2 is 2.00 bits per heavy atom. The van der Waals surface area contributed by atoms with E-state index >= 15 is 0 Å². The number of nitrogens with two attached hydrogens (primary N) is 1. The first-order chi connectivity index (χ1) is 4.75. The molecule has 0 aromatic heterocycles. The van der Waals surface area contributed by atoms with E-state index in [1.165, 1.54) is 6.07 Å². The number of benzene rings is 1. The summed E-state index contributed by atoms with van der Waals surface area (Å²) in [5.74, 6) is 4.58. The lowest BCUT2D eigenvalue weighted by Gasteiger charge is -2.02. The highest BCUT2D eigenvalue weighted by molar-refractivity contribution is 5.60. The topological polar surface area (TPSA) is 78.5 Å². The van der Waals surface area contributed by atoms with Gasteiger partial charge in [-0.15, -0.1) is 0 Å². The number of aromatic hydroxyl groups is 2. The van der Waals surface area contributed by atoms with Crippen LogP contribution in [0.1, 0.15) is 0 Å². The van der Waals surface area contributed by atoms with Crippen LogP contribution in [0.2, 0.25) is 0 Å². The van der Waals surface area contributed by atoms with E-state index in [1.54, 1.807) is 12.1 Å². The Hall–Kier alpha value is -1.42. The van der Waals surface area contributed by atoms with Gasteiger partial charge in [-0.2, -0.15) is 0 Å². The van der Waals surface area contributed by atoms with Gasteiger partial charge in [-0.1, -0.05) is 6.07 Å². The van der Waals surface area contributed by atoms with Crippen molar-refractivity contribution in [3.63, 3.8) is 0 Å². The van der Waals surface area contributed by atoms with Gasteiger partial charge in [0, 0.05) is 0 Å². The minimum Gasteiger partial charge on any atom is -0.504 e. The Bertz CT molecular complexity index is 237. The summed E-state index contributed by atoms with van der Waals surface area (Å²) < 4.78 is 0. The third-order valence-corrected chi connectivity index (χ3v) is 1.17. The SMILES string of the molecule is NNc1cccc(O)c1O. The maximum atomic E-state index is 9.01. The normalized spacial score (nSPS) is 9.30. The van der Waals surface area contributed by atoms with Gasteiger partial charge in [-0.3, -0.25) is 5.84 Å². The predicted octanol–water partition coefficient (Wildman–Crippen LogP) is 0.383. The van der Waals surface area contributed by atoms with Gasteiger partial charge < -0.3 is 15.6 Å². The third-order valence-electron chi connectivity index (χ3n) is 1.17. The lowest BCUT2D eigenvalue weighted by atomic mass is 10.3. The van der Waals surface area contributed by atoms with Crippen molar-refractivity contribution in [1.29, 1.82) is 0 Å². The van der Waals surface area contributed by atoms with Crippen LogP contribution in [0.15, 0.2) is 18.2 Å². The molecule has 0 amide bonds. The molecule has 0 aliphatic heterocycles. The summed E-state index contributed by atoms with van der Waals surface area (Å²) in [6, 6.07) is 4.50. The second-order valence-electron chi connectivity index (χ2n) is 1.82. The Balaban J connectivity index is 3.14. The van der Waals surface area contributed by atoms with E-state index in [-0.39, 0.29) is 11.5 Å². The summed E-state index contributed by atoms with van der Waals surface area (Å²) in [7, 11) is 0. The monoisotopic (exact) mass is 140 g/mol. The number of nitrogens with one attached hydrogen (secondary N) is 1. The van der Waals surface area contributed by atoms with Crippen molar-refractivity contribution in [2.75, 3.05) is 5.43 Å². The van der Waals surface area contributed by atoms with Gasteiger partial charge >= 0.3 is 0 Å². The molecule has 0 unspecified atom stereocenters. The highest BCUT2D eigenvalue weighted by atomic mass is 16.3. The number of rotatable bonds is 1. The van der Waals surface area contributed by atoms with Crippen molar-refractivity contribution in [3.8, 4) is 11.5 Å². The fraction of sp³-hybridized carbons (Fsp3) is 0. The molecule has 0 aliphatic rings. The van der Waals surface area contributed by atoms with Crippen LogP contribution in [-0.4, -0.2) is 10.2 Å². The van der Waals surface area contributed by atoms with Crippen molar-refractivity contribution < 1.29 is 10.2 Å². The van der Waals surface area contributed by atoms with E-state index in [1.807, 2.05) is 0 Å². The van der Waals surface area contributed by atoms with Crippen LogP contribution in [0.3, 0.4) is 0 Å². The molecule has 0 aliphatic carbocycles. The molecule has 1 aromatic rings. The molecule has 4 heteroatoms. The van der Waals surface area contributed by atoms with Gasteiger partial charge in [-0.05, 0) is 12.1 Å². The van der Waals surface area contributed by atoms with Crippen molar-refractivity contribution in [2.24, 2.45) is 5.84 Å². The summed E-state index contributed by atoms with van der Waals surface area (Å²) in [5, 5.41) is 17.9. The number of phenolic OH excluding ortho intramolecular Hbond substituents is 2. The van der Waals surface area contributed by atoms with Crippen LogP contribution in [-0.2, 0) is 0 Å². The van der Waals surface area contributed by atoms with Crippen molar-refractivity contribution in [3.05, 3.63) is 18.2 Å². The van der Waals surface area contributed by atoms with Crippen LogP contribution < -0.4 is 11.3 Å². The molecule has 0 radical (unpaired) electrons. The van der Waals surface area contributed by atoms with Crippen molar-refractivity contribution >= 4 is 5.69 Å². The summed E-state index contributed by atoms with van der Waals surface area (Å²) >= 11 is 0. The Kier molecular flexibility index (Phi) is 1.64. The van der Waals surface area contributed by atoms with E-state index < -0.39 is 0 Å².